The van der Waals surface area contributed by atoms with Crippen molar-refractivity contribution in [3.8, 4) is 0 Å². The van der Waals surface area contributed by atoms with Crippen molar-refractivity contribution in [1.82, 2.24) is 0 Å². The summed E-state index contributed by atoms with van der Waals surface area (Å²) in [6, 6.07) is 0. The lowest BCUT2D eigenvalue weighted by Crippen LogP contribution is -2.30. The predicted octanol–water partition coefficient (Wildman–Crippen LogP) is 0.163. The van der Waals surface area contributed by atoms with Gasteiger partial charge in [-0.3, -0.25) is 9.35 Å². The molecule has 0 atom stereocenters. The zero-order chi connectivity index (χ0) is 17.8. The number of carbonyl (C=O) groups is 3. The van der Waals surface area contributed by atoms with E-state index < -0.39 is 45.9 Å². The summed E-state index contributed by atoms with van der Waals surface area (Å²) < 4.78 is 33.5. The Morgan fingerprint density at radius 2 is 1.48 bits per heavy atom. The molecule has 1 aliphatic rings. The van der Waals surface area contributed by atoms with Gasteiger partial charge in [-0.2, -0.15) is 8.42 Å². The van der Waals surface area contributed by atoms with E-state index in [0.29, 0.717) is 12.8 Å². The van der Waals surface area contributed by atoms with E-state index in [1.54, 1.807) is 0 Å². The summed E-state index contributed by atoms with van der Waals surface area (Å²) in [6.07, 6.45) is -0.274. The first kappa shape index (κ1) is 19.1. The van der Waals surface area contributed by atoms with Crippen molar-refractivity contribution in [3.05, 3.63) is 11.1 Å². The normalized spacial score (nSPS) is 22.0. The van der Waals surface area contributed by atoms with Crippen molar-refractivity contribution >= 4 is 28.3 Å². The van der Waals surface area contributed by atoms with Gasteiger partial charge in [0.15, 0.2) is 0 Å². The summed E-state index contributed by atoms with van der Waals surface area (Å²) in [5.74, 6) is -4.98. The highest BCUT2D eigenvalue weighted by Gasteiger charge is 2.34. The largest absolute Gasteiger partial charge is 0.481 e. The Bertz CT molecular complexity index is 626. The molecule has 11 heteroatoms. The maximum Gasteiger partial charge on any atom is 0.397 e. The Hall–Kier alpha value is -1.98. The number of aliphatic carboxylic acids is 3. The average Bonchev–Trinajstić information content (AvgIpc) is 2.32. The summed E-state index contributed by atoms with van der Waals surface area (Å²) in [5, 5.41) is 26.7. The van der Waals surface area contributed by atoms with Crippen LogP contribution < -0.4 is 0 Å². The van der Waals surface area contributed by atoms with Crippen LogP contribution in [0, 0.1) is 11.8 Å². The molecule has 1 rings (SSSR count). The van der Waals surface area contributed by atoms with Crippen LogP contribution in [0.1, 0.15) is 25.7 Å². The van der Waals surface area contributed by atoms with E-state index in [1.807, 2.05) is 0 Å². The van der Waals surface area contributed by atoms with E-state index in [2.05, 4.69) is 4.18 Å². The Morgan fingerprint density at radius 3 is 1.87 bits per heavy atom. The van der Waals surface area contributed by atoms with Crippen LogP contribution in [-0.2, 0) is 29.0 Å². The summed E-state index contributed by atoms with van der Waals surface area (Å²) in [7, 11) is -4.53. The molecule has 0 aliphatic heterocycles. The van der Waals surface area contributed by atoms with Gasteiger partial charge < -0.3 is 15.3 Å². The van der Waals surface area contributed by atoms with Gasteiger partial charge >= 0.3 is 28.3 Å². The lowest BCUT2D eigenvalue weighted by Gasteiger charge is -2.35. The Kier molecular flexibility index (Phi) is 6.24. The predicted molar refractivity (Wildman–Crippen MR) is 72.9 cm³/mol. The third kappa shape index (κ3) is 6.34. The standard InChI is InChI=1S/C12H16O10S/c13-10(14)4-9(12(17)18)8(11(15)16)3-6-1-7(2-6)5-22-23(19,20)21/h6-7H,1-5H2,(H,13,14)(H,15,16)(H,17,18)(H,19,20,21)/b9-8+. The molecule has 0 aromatic rings. The molecular formula is C12H16O10S. The van der Waals surface area contributed by atoms with Crippen LogP contribution in [0.25, 0.3) is 0 Å². The van der Waals surface area contributed by atoms with E-state index >= 15 is 0 Å². The maximum atomic E-state index is 11.2. The molecule has 1 saturated carbocycles. The SMILES string of the molecule is O=C(O)C/C(C(=O)O)=C(/CC1CC(COS(=O)(=O)O)C1)C(=O)O. The second-order valence-electron chi connectivity index (χ2n) is 5.26. The van der Waals surface area contributed by atoms with Crippen molar-refractivity contribution in [2.75, 3.05) is 6.61 Å². The Labute approximate surface area is 131 Å². The average molecular weight is 352 g/mol. The first-order chi connectivity index (χ1) is 10.5. The van der Waals surface area contributed by atoms with Gasteiger partial charge in [-0.25, -0.2) is 13.8 Å². The van der Waals surface area contributed by atoms with Crippen molar-refractivity contribution in [2.24, 2.45) is 11.8 Å². The fourth-order valence-electron chi connectivity index (χ4n) is 2.45. The van der Waals surface area contributed by atoms with Crippen LogP contribution in [0.3, 0.4) is 0 Å². The highest BCUT2D eigenvalue weighted by atomic mass is 32.3. The number of hydrogen-bond acceptors (Lipinski definition) is 6. The van der Waals surface area contributed by atoms with Gasteiger partial charge in [-0.1, -0.05) is 0 Å². The van der Waals surface area contributed by atoms with Crippen molar-refractivity contribution in [2.45, 2.75) is 25.7 Å². The zero-order valence-electron chi connectivity index (χ0n) is 11.8. The number of carboxylic acid groups (broad SMARTS) is 3. The minimum atomic E-state index is -4.53. The van der Waals surface area contributed by atoms with Crippen LogP contribution in [0.2, 0.25) is 0 Å². The van der Waals surface area contributed by atoms with Gasteiger partial charge in [0.2, 0.25) is 0 Å². The van der Waals surface area contributed by atoms with Crippen molar-refractivity contribution < 1.29 is 46.9 Å². The van der Waals surface area contributed by atoms with Crippen LogP contribution in [0.5, 0.6) is 0 Å². The smallest absolute Gasteiger partial charge is 0.397 e. The summed E-state index contributed by atoms with van der Waals surface area (Å²) in [4.78, 5) is 32.9. The molecule has 0 heterocycles. The molecule has 130 valence electrons. The number of carboxylic acids is 3. The second kappa shape index (κ2) is 7.53. The topological polar surface area (TPSA) is 175 Å². The first-order valence-electron chi connectivity index (χ1n) is 6.51. The molecule has 0 radical (unpaired) electrons. The van der Waals surface area contributed by atoms with Crippen LogP contribution in [0.4, 0.5) is 0 Å². The second-order valence-corrected chi connectivity index (χ2v) is 6.35. The molecule has 4 N–H and O–H groups in total. The number of rotatable bonds is 9. The van der Waals surface area contributed by atoms with E-state index in [9.17, 15) is 22.8 Å². The molecule has 0 amide bonds. The van der Waals surface area contributed by atoms with Gasteiger partial charge in [0.1, 0.15) is 0 Å². The minimum absolute atomic E-state index is 0.132. The highest BCUT2D eigenvalue weighted by Crippen LogP contribution is 2.39. The monoisotopic (exact) mass is 352 g/mol. The third-order valence-corrected chi connectivity index (χ3v) is 3.92. The van der Waals surface area contributed by atoms with Crippen molar-refractivity contribution in [1.29, 1.82) is 0 Å². The fraction of sp³-hybridized carbons (Fsp3) is 0.583. The summed E-state index contributed by atoms with van der Waals surface area (Å²) in [5.41, 5.74) is -1.15. The van der Waals surface area contributed by atoms with Gasteiger partial charge in [0, 0.05) is 5.57 Å². The molecule has 10 nitrogen and oxygen atoms in total. The first-order valence-corrected chi connectivity index (χ1v) is 7.88. The molecule has 0 aromatic carbocycles. The van der Waals surface area contributed by atoms with Crippen LogP contribution in [-0.4, -0.2) is 52.8 Å². The number of hydrogen-bond donors (Lipinski definition) is 4. The molecule has 0 bridgehead atoms. The van der Waals surface area contributed by atoms with Gasteiger partial charge in [-0.15, -0.1) is 0 Å². The van der Waals surface area contributed by atoms with E-state index in [4.69, 9.17) is 19.9 Å². The van der Waals surface area contributed by atoms with Crippen molar-refractivity contribution in [3.63, 3.8) is 0 Å². The minimum Gasteiger partial charge on any atom is -0.481 e. The molecule has 0 unspecified atom stereocenters. The zero-order valence-corrected chi connectivity index (χ0v) is 12.7. The van der Waals surface area contributed by atoms with Crippen LogP contribution in [0.15, 0.2) is 11.1 Å². The maximum absolute atomic E-state index is 11.2. The fourth-order valence-corrected chi connectivity index (χ4v) is 2.81. The molecule has 0 saturated heterocycles. The lowest BCUT2D eigenvalue weighted by molar-refractivity contribution is -0.140. The van der Waals surface area contributed by atoms with Gasteiger partial charge in [-0.05, 0) is 31.1 Å². The molecule has 23 heavy (non-hydrogen) atoms. The summed E-state index contributed by atoms with van der Waals surface area (Å²) >= 11 is 0. The third-order valence-electron chi connectivity index (χ3n) is 3.49. The van der Waals surface area contributed by atoms with E-state index in [1.165, 1.54) is 0 Å². The molecule has 0 aromatic heterocycles. The molecular weight excluding hydrogens is 336 g/mol. The molecule has 1 fully saturated rings. The van der Waals surface area contributed by atoms with E-state index in [-0.39, 0.29) is 24.9 Å². The molecule has 1 aliphatic carbocycles. The van der Waals surface area contributed by atoms with Crippen LogP contribution >= 0.6 is 0 Å². The van der Waals surface area contributed by atoms with Gasteiger partial charge in [0.25, 0.3) is 0 Å². The Morgan fingerprint density at radius 1 is 0.957 bits per heavy atom. The Balaban J connectivity index is 2.70. The van der Waals surface area contributed by atoms with E-state index in [0.717, 1.165) is 0 Å². The lowest BCUT2D eigenvalue weighted by atomic mass is 9.72. The van der Waals surface area contributed by atoms with Gasteiger partial charge in [0.05, 0.1) is 18.6 Å². The quantitative estimate of drug-likeness (QED) is 0.330. The summed E-state index contributed by atoms with van der Waals surface area (Å²) in [6.45, 7) is -0.248. The molecule has 0 spiro atoms. The highest BCUT2D eigenvalue weighted by molar-refractivity contribution is 7.80.